The number of carbonyl (C=O) groups excluding carboxylic acids is 1. The molecule has 0 radical (unpaired) electrons. The molecule has 0 spiro atoms. The second-order valence-corrected chi connectivity index (χ2v) is 5.08. The van der Waals surface area contributed by atoms with Gasteiger partial charge in [-0.3, -0.25) is 9.59 Å². The van der Waals surface area contributed by atoms with Crippen LogP contribution in [0.2, 0.25) is 0 Å². The third kappa shape index (κ3) is 3.01. The van der Waals surface area contributed by atoms with Gasteiger partial charge in [-0.1, -0.05) is 0 Å². The number of rotatable bonds is 3. The van der Waals surface area contributed by atoms with Gasteiger partial charge in [0.25, 0.3) is 5.56 Å². The molecule has 2 aromatic rings. The summed E-state index contributed by atoms with van der Waals surface area (Å²) in [5, 5.41) is 8.28. The Morgan fingerprint density at radius 2 is 2.00 bits per heavy atom. The van der Waals surface area contributed by atoms with Crippen LogP contribution in [-0.4, -0.2) is 43.5 Å². The Labute approximate surface area is 121 Å². The highest BCUT2D eigenvalue weighted by Crippen LogP contribution is 2.09. The van der Waals surface area contributed by atoms with E-state index in [1.807, 2.05) is 0 Å². The average molecular weight is 287 g/mol. The number of aromatic nitrogens is 4. The number of piperidine rings is 1. The van der Waals surface area contributed by atoms with Crippen molar-refractivity contribution < 1.29 is 4.79 Å². The van der Waals surface area contributed by atoms with Crippen molar-refractivity contribution in [1.82, 2.24) is 24.5 Å². The first-order valence-electron chi connectivity index (χ1n) is 7.10. The molecule has 0 bridgehead atoms. The number of nitrogens with zero attached hydrogens (tertiary/aromatic N) is 5. The Hall–Kier alpha value is -2.44. The Morgan fingerprint density at radius 1 is 1.19 bits per heavy atom. The molecule has 1 amide bonds. The quantitative estimate of drug-likeness (QED) is 0.821. The largest absolute Gasteiger partial charge is 0.341 e. The fourth-order valence-corrected chi connectivity index (χ4v) is 2.45. The number of likely N-dealkylation sites (tertiary alicyclic amines) is 1. The first-order valence-corrected chi connectivity index (χ1v) is 7.10. The maximum Gasteiger partial charge on any atom is 0.267 e. The van der Waals surface area contributed by atoms with Crippen molar-refractivity contribution in [2.24, 2.45) is 0 Å². The molecular weight excluding hydrogens is 270 g/mol. The summed E-state index contributed by atoms with van der Waals surface area (Å²) in [5.74, 6) is 0.466. The molecule has 3 heterocycles. The van der Waals surface area contributed by atoms with Gasteiger partial charge in [-0.25, -0.2) is 9.36 Å². The third-order valence-corrected chi connectivity index (χ3v) is 3.59. The Morgan fingerprint density at radius 3 is 2.71 bits per heavy atom. The molecule has 110 valence electrons. The number of hydrogen-bond acceptors (Lipinski definition) is 4. The van der Waals surface area contributed by atoms with Crippen LogP contribution in [-0.2, 0) is 11.3 Å². The van der Waals surface area contributed by atoms with Crippen molar-refractivity contribution in [3.05, 3.63) is 40.9 Å². The zero-order valence-electron chi connectivity index (χ0n) is 11.7. The molecule has 0 atom stereocenters. The summed E-state index contributed by atoms with van der Waals surface area (Å²) >= 11 is 0. The zero-order chi connectivity index (χ0) is 14.7. The van der Waals surface area contributed by atoms with Gasteiger partial charge < -0.3 is 4.90 Å². The molecule has 0 N–H and O–H groups in total. The van der Waals surface area contributed by atoms with Crippen molar-refractivity contribution in [2.75, 3.05) is 13.1 Å². The SMILES string of the molecule is O=C(Cn1nc(-n2cccn2)ccc1=O)N1CCCCC1. The molecule has 21 heavy (non-hydrogen) atoms. The molecule has 0 aliphatic carbocycles. The molecule has 0 aromatic carbocycles. The first kappa shape index (κ1) is 13.5. The normalized spacial score (nSPS) is 15.1. The van der Waals surface area contributed by atoms with Crippen molar-refractivity contribution in [3.63, 3.8) is 0 Å². The second-order valence-electron chi connectivity index (χ2n) is 5.08. The van der Waals surface area contributed by atoms with Gasteiger partial charge in [0, 0.05) is 31.5 Å². The van der Waals surface area contributed by atoms with E-state index in [-0.39, 0.29) is 18.0 Å². The molecular formula is C14H17N5O2. The summed E-state index contributed by atoms with van der Waals surface area (Å²) in [5.41, 5.74) is -0.281. The van der Waals surface area contributed by atoms with E-state index in [1.165, 1.54) is 10.7 Å². The standard InChI is InChI=1S/C14H17N5O2/c20-13-6-5-12(18-10-4-7-15-18)16-19(13)11-14(21)17-8-2-1-3-9-17/h4-7,10H,1-3,8-9,11H2. The first-order chi connectivity index (χ1) is 10.2. The van der Waals surface area contributed by atoms with Gasteiger partial charge in [0.05, 0.1) is 0 Å². The molecule has 1 aliphatic heterocycles. The zero-order valence-corrected chi connectivity index (χ0v) is 11.7. The summed E-state index contributed by atoms with van der Waals surface area (Å²) in [7, 11) is 0. The van der Waals surface area contributed by atoms with E-state index >= 15 is 0 Å². The van der Waals surface area contributed by atoms with Crippen molar-refractivity contribution in [2.45, 2.75) is 25.8 Å². The van der Waals surface area contributed by atoms with E-state index in [9.17, 15) is 9.59 Å². The van der Waals surface area contributed by atoms with Crippen molar-refractivity contribution >= 4 is 5.91 Å². The van der Waals surface area contributed by atoms with Crippen LogP contribution in [0.15, 0.2) is 35.4 Å². The van der Waals surface area contributed by atoms with Crippen LogP contribution in [0.3, 0.4) is 0 Å². The van der Waals surface area contributed by atoms with Crippen LogP contribution in [0.5, 0.6) is 0 Å². The van der Waals surface area contributed by atoms with Crippen molar-refractivity contribution in [3.8, 4) is 5.82 Å². The highest BCUT2D eigenvalue weighted by atomic mass is 16.2. The smallest absolute Gasteiger partial charge is 0.267 e. The molecule has 0 unspecified atom stereocenters. The molecule has 1 aliphatic rings. The fraction of sp³-hybridized carbons (Fsp3) is 0.429. The van der Waals surface area contributed by atoms with Gasteiger partial charge in [-0.2, -0.15) is 5.10 Å². The molecule has 3 rings (SSSR count). The third-order valence-electron chi connectivity index (χ3n) is 3.59. The summed E-state index contributed by atoms with van der Waals surface area (Å²) < 4.78 is 2.76. The van der Waals surface area contributed by atoms with Gasteiger partial charge in [-0.05, 0) is 31.4 Å². The maximum atomic E-state index is 12.2. The summed E-state index contributed by atoms with van der Waals surface area (Å²) in [6.45, 7) is 1.52. The van der Waals surface area contributed by atoms with Gasteiger partial charge in [0.2, 0.25) is 5.91 Å². The minimum Gasteiger partial charge on any atom is -0.341 e. The van der Waals surface area contributed by atoms with E-state index in [0.29, 0.717) is 5.82 Å². The van der Waals surface area contributed by atoms with Crippen LogP contribution < -0.4 is 5.56 Å². The van der Waals surface area contributed by atoms with Crippen LogP contribution in [0.1, 0.15) is 19.3 Å². The molecule has 7 nitrogen and oxygen atoms in total. The molecule has 1 saturated heterocycles. The summed E-state index contributed by atoms with van der Waals surface area (Å²) in [6.07, 6.45) is 6.60. The van der Waals surface area contributed by atoms with E-state index in [0.717, 1.165) is 32.4 Å². The fourth-order valence-electron chi connectivity index (χ4n) is 2.45. The minimum atomic E-state index is -0.281. The monoisotopic (exact) mass is 287 g/mol. The average Bonchev–Trinajstić information content (AvgIpc) is 3.04. The lowest BCUT2D eigenvalue weighted by molar-refractivity contribution is -0.133. The lowest BCUT2D eigenvalue weighted by atomic mass is 10.1. The van der Waals surface area contributed by atoms with Crippen LogP contribution in [0.4, 0.5) is 0 Å². The minimum absolute atomic E-state index is 0.0199. The van der Waals surface area contributed by atoms with E-state index in [2.05, 4.69) is 10.2 Å². The number of amides is 1. The van der Waals surface area contributed by atoms with Crippen LogP contribution in [0, 0.1) is 0 Å². The van der Waals surface area contributed by atoms with Gasteiger partial charge in [0.15, 0.2) is 5.82 Å². The Kier molecular flexibility index (Phi) is 3.81. The number of carbonyl (C=O) groups is 1. The summed E-state index contributed by atoms with van der Waals surface area (Å²) in [6, 6.07) is 4.78. The Bertz CT molecular complexity index is 671. The lowest BCUT2D eigenvalue weighted by Crippen LogP contribution is -2.40. The molecule has 1 fully saturated rings. The van der Waals surface area contributed by atoms with E-state index in [4.69, 9.17) is 0 Å². The van der Waals surface area contributed by atoms with E-state index in [1.54, 1.807) is 34.1 Å². The second kappa shape index (κ2) is 5.90. The predicted octanol–water partition coefficient (Wildman–Crippen LogP) is 0.441. The molecule has 7 heteroatoms. The summed E-state index contributed by atoms with van der Waals surface area (Å²) in [4.78, 5) is 25.9. The maximum absolute atomic E-state index is 12.2. The van der Waals surface area contributed by atoms with Gasteiger partial charge >= 0.3 is 0 Å². The van der Waals surface area contributed by atoms with Crippen molar-refractivity contribution in [1.29, 1.82) is 0 Å². The topological polar surface area (TPSA) is 73.0 Å². The van der Waals surface area contributed by atoms with Gasteiger partial charge in [0.1, 0.15) is 6.54 Å². The number of hydrogen-bond donors (Lipinski definition) is 0. The van der Waals surface area contributed by atoms with Gasteiger partial charge in [-0.15, -0.1) is 5.10 Å². The molecule has 2 aromatic heterocycles. The van der Waals surface area contributed by atoms with Crippen LogP contribution >= 0.6 is 0 Å². The van der Waals surface area contributed by atoms with E-state index < -0.39 is 0 Å². The highest BCUT2D eigenvalue weighted by molar-refractivity contribution is 5.75. The Balaban J connectivity index is 1.79. The van der Waals surface area contributed by atoms with Crippen LogP contribution in [0.25, 0.3) is 5.82 Å². The lowest BCUT2D eigenvalue weighted by Gasteiger charge is -2.26. The molecule has 0 saturated carbocycles. The highest BCUT2D eigenvalue weighted by Gasteiger charge is 2.17. The predicted molar refractivity (Wildman–Crippen MR) is 76.1 cm³/mol.